The van der Waals surface area contributed by atoms with Crippen LogP contribution in [0.5, 0.6) is 5.75 Å². The third kappa shape index (κ3) is 5.08. The van der Waals surface area contributed by atoms with Crippen LogP contribution in [0.2, 0.25) is 0 Å². The summed E-state index contributed by atoms with van der Waals surface area (Å²) in [6, 6.07) is 17.5. The summed E-state index contributed by atoms with van der Waals surface area (Å²) in [5.74, 6) is 1.59. The van der Waals surface area contributed by atoms with Crippen molar-refractivity contribution in [3.05, 3.63) is 72.1 Å². The maximum atomic E-state index is 13.0. The molecule has 0 bridgehead atoms. The Morgan fingerprint density at radius 1 is 0.971 bits per heavy atom. The Morgan fingerprint density at radius 3 is 2.49 bits per heavy atom. The van der Waals surface area contributed by atoms with Gasteiger partial charge in [0, 0.05) is 31.7 Å². The van der Waals surface area contributed by atoms with Gasteiger partial charge in [0.25, 0.3) is 5.91 Å². The van der Waals surface area contributed by atoms with Gasteiger partial charge in [0.05, 0.1) is 13.2 Å². The summed E-state index contributed by atoms with van der Waals surface area (Å²) in [6.07, 6.45) is 3.67. The maximum Gasteiger partial charge on any atom is 0.253 e. The molecular weight excluding hydrogens is 442 g/mol. The molecule has 1 amide bonds. The number of unbranched alkanes of at least 4 members (excludes halogenated alkanes) is 1. The number of piperazine rings is 1. The molecule has 1 fully saturated rings. The molecule has 1 aliphatic heterocycles. The number of hydrogen-bond acceptors (Lipinski definition) is 7. The Kier molecular flexibility index (Phi) is 6.83. The van der Waals surface area contributed by atoms with Crippen LogP contribution in [-0.2, 0) is 6.54 Å². The van der Waals surface area contributed by atoms with E-state index in [9.17, 15) is 4.79 Å². The van der Waals surface area contributed by atoms with E-state index in [1.165, 1.54) is 0 Å². The minimum Gasteiger partial charge on any atom is -0.494 e. The van der Waals surface area contributed by atoms with E-state index in [1.54, 1.807) is 11.0 Å². The molecule has 9 nitrogen and oxygen atoms in total. The lowest BCUT2D eigenvalue weighted by Crippen LogP contribution is -2.49. The zero-order chi connectivity index (χ0) is 24.0. The number of carbonyl (C=O) groups excluding carboxylic acids is 1. The van der Waals surface area contributed by atoms with Crippen molar-refractivity contribution in [3.8, 4) is 5.75 Å². The van der Waals surface area contributed by atoms with Gasteiger partial charge in [0.15, 0.2) is 17.0 Å². The van der Waals surface area contributed by atoms with E-state index < -0.39 is 0 Å². The zero-order valence-electron chi connectivity index (χ0n) is 19.9. The van der Waals surface area contributed by atoms with Crippen LogP contribution in [0.25, 0.3) is 11.2 Å². The molecule has 0 unspecified atom stereocenters. The zero-order valence-corrected chi connectivity index (χ0v) is 19.9. The first-order chi connectivity index (χ1) is 17.2. The van der Waals surface area contributed by atoms with Gasteiger partial charge in [-0.05, 0) is 36.2 Å². The Labute approximate surface area is 204 Å². The largest absolute Gasteiger partial charge is 0.494 e. The number of benzene rings is 2. The van der Waals surface area contributed by atoms with Crippen LogP contribution in [-0.4, -0.2) is 68.6 Å². The van der Waals surface area contributed by atoms with Crippen molar-refractivity contribution in [2.75, 3.05) is 37.7 Å². The topological polar surface area (TPSA) is 89.3 Å². The van der Waals surface area contributed by atoms with Crippen molar-refractivity contribution in [1.82, 2.24) is 29.9 Å². The Balaban J connectivity index is 1.23. The average Bonchev–Trinajstić information content (AvgIpc) is 3.32. The van der Waals surface area contributed by atoms with E-state index in [4.69, 9.17) is 4.74 Å². The molecule has 0 aliphatic carbocycles. The number of aromatic nitrogens is 5. The Morgan fingerprint density at radius 2 is 1.74 bits per heavy atom. The van der Waals surface area contributed by atoms with Gasteiger partial charge in [-0.25, -0.2) is 14.6 Å². The molecule has 0 atom stereocenters. The summed E-state index contributed by atoms with van der Waals surface area (Å²) in [5.41, 5.74) is 3.20. The van der Waals surface area contributed by atoms with Crippen molar-refractivity contribution >= 4 is 22.9 Å². The normalized spacial score (nSPS) is 13.9. The first-order valence-electron chi connectivity index (χ1n) is 12.1. The first kappa shape index (κ1) is 22.8. The molecule has 3 heterocycles. The smallest absolute Gasteiger partial charge is 0.253 e. The lowest BCUT2D eigenvalue weighted by atomic mass is 10.1. The number of nitrogens with zero attached hydrogens (tertiary/aromatic N) is 7. The van der Waals surface area contributed by atoms with Crippen LogP contribution in [0.3, 0.4) is 0 Å². The monoisotopic (exact) mass is 471 g/mol. The van der Waals surface area contributed by atoms with Crippen LogP contribution < -0.4 is 9.64 Å². The third-order valence-corrected chi connectivity index (χ3v) is 6.19. The molecule has 9 heteroatoms. The number of anilines is 1. The van der Waals surface area contributed by atoms with E-state index in [-0.39, 0.29) is 5.91 Å². The van der Waals surface area contributed by atoms with Gasteiger partial charge in [-0.15, -0.1) is 5.10 Å². The summed E-state index contributed by atoms with van der Waals surface area (Å²) < 4.78 is 7.50. The van der Waals surface area contributed by atoms with Crippen molar-refractivity contribution in [3.63, 3.8) is 0 Å². The molecule has 35 heavy (non-hydrogen) atoms. The van der Waals surface area contributed by atoms with Crippen molar-refractivity contribution in [1.29, 1.82) is 0 Å². The van der Waals surface area contributed by atoms with E-state index in [1.807, 2.05) is 47.4 Å². The van der Waals surface area contributed by atoms with Gasteiger partial charge in [0.1, 0.15) is 12.1 Å². The van der Waals surface area contributed by atoms with Crippen molar-refractivity contribution in [2.45, 2.75) is 26.3 Å². The fourth-order valence-electron chi connectivity index (χ4n) is 4.21. The van der Waals surface area contributed by atoms with Crippen LogP contribution in [0.15, 0.2) is 60.9 Å². The molecule has 1 aliphatic rings. The second kappa shape index (κ2) is 10.5. The number of rotatable bonds is 8. The predicted octanol–water partition coefficient (Wildman–Crippen LogP) is 3.41. The molecule has 0 saturated carbocycles. The lowest BCUT2D eigenvalue weighted by molar-refractivity contribution is 0.0746. The maximum absolute atomic E-state index is 13.0. The standard InChI is InChI=1S/C26H29N7O2/c1-2-3-17-35-22-11-9-21(10-12-22)26(34)32-15-13-31(14-16-32)24-23-25(28-19-27-24)33(30-29-23)18-20-7-5-4-6-8-20/h4-12,19H,2-3,13-18H2,1H3. The quantitative estimate of drug-likeness (QED) is 0.364. The Bertz CT molecular complexity index is 1270. The highest BCUT2D eigenvalue weighted by molar-refractivity contribution is 5.94. The lowest BCUT2D eigenvalue weighted by Gasteiger charge is -2.35. The summed E-state index contributed by atoms with van der Waals surface area (Å²) in [6.45, 7) is 5.98. The fraction of sp³-hybridized carbons (Fsp3) is 0.346. The second-order valence-corrected chi connectivity index (χ2v) is 8.61. The van der Waals surface area contributed by atoms with Gasteiger partial charge in [-0.2, -0.15) is 0 Å². The highest BCUT2D eigenvalue weighted by Gasteiger charge is 2.25. The number of fused-ring (bicyclic) bond motifs is 1. The summed E-state index contributed by atoms with van der Waals surface area (Å²) >= 11 is 0. The number of hydrogen-bond donors (Lipinski definition) is 0. The molecule has 0 radical (unpaired) electrons. The predicted molar refractivity (Wildman–Crippen MR) is 134 cm³/mol. The van der Waals surface area contributed by atoms with E-state index in [2.05, 4.69) is 44.2 Å². The highest BCUT2D eigenvalue weighted by Crippen LogP contribution is 2.23. The van der Waals surface area contributed by atoms with Crippen molar-refractivity contribution < 1.29 is 9.53 Å². The van der Waals surface area contributed by atoms with E-state index >= 15 is 0 Å². The van der Waals surface area contributed by atoms with E-state index in [0.29, 0.717) is 56.1 Å². The molecule has 2 aromatic heterocycles. The molecule has 5 rings (SSSR count). The third-order valence-electron chi connectivity index (χ3n) is 6.19. The van der Waals surface area contributed by atoms with Crippen LogP contribution >= 0.6 is 0 Å². The average molecular weight is 472 g/mol. The number of amides is 1. The van der Waals surface area contributed by atoms with Crippen LogP contribution in [0.4, 0.5) is 5.82 Å². The molecule has 0 spiro atoms. The van der Waals surface area contributed by atoms with Gasteiger partial charge >= 0.3 is 0 Å². The van der Waals surface area contributed by atoms with Gasteiger partial charge in [-0.1, -0.05) is 48.9 Å². The summed E-state index contributed by atoms with van der Waals surface area (Å²) in [4.78, 5) is 26.0. The molecule has 2 aromatic carbocycles. The highest BCUT2D eigenvalue weighted by atomic mass is 16.5. The SMILES string of the molecule is CCCCOc1ccc(C(=O)N2CCN(c3ncnc4c3nnn4Cc3ccccc3)CC2)cc1. The van der Waals surface area contributed by atoms with Gasteiger partial charge in [-0.3, -0.25) is 4.79 Å². The fourth-order valence-corrected chi connectivity index (χ4v) is 4.21. The van der Waals surface area contributed by atoms with Gasteiger partial charge < -0.3 is 14.5 Å². The van der Waals surface area contributed by atoms with Gasteiger partial charge in [0.2, 0.25) is 0 Å². The van der Waals surface area contributed by atoms with Crippen molar-refractivity contribution in [2.24, 2.45) is 0 Å². The second-order valence-electron chi connectivity index (χ2n) is 8.61. The summed E-state index contributed by atoms with van der Waals surface area (Å²) in [7, 11) is 0. The molecular formula is C26H29N7O2. The molecule has 0 N–H and O–H groups in total. The molecule has 1 saturated heterocycles. The Hall–Kier alpha value is -4.01. The minimum absolute atomic E-state index is 0.0337. The minimum atomic E-state index is 0.0337. The first-order valence-corrected chi connectivity index (χ1v) is 12.1. The number of carbonyl (C=O) groups is 1. The van der Waals surface area contributed by atoms with Crippen LogP contribution in [0.1, 0.15) is 35.7 Å². The summed E-state index contributed by atoms with van der Waals surface area (Å²) in [5, 5.41) is 8.70. The van der Waals surface area contributed by atoms with E-state index in [0.717, 1.165) is 30.0 Å². The molecule has 4 aromatic rings. The number of ether oxygens (including phenoxy) is 1. The van der Waals surface area contributed by atoms with Crippen LogP contribution in [0, 0.1) is 0 Å². The molecule has 180 valence electrons.